The van der Waals surface area contributed by atoms with Gasteiger partial charge < -0.3 is 15.0 Å². The van der Waals surface area contributed by atoms with E-state index < -0.39 is 0 Å². The van der Waals surface area contributed by atoms with E-state index in [-0.39, 0.29) is 0 Å². The number of nitrogens with zero attached hydrogens (tertiary/aromatic N) is 2. The summed E-state index contributed by atoms with van der Waals surface area (Å²) in [5.41, 5.74) is 0.605. The molecule has 21 heavy (non-hydrogen) atoms. The van der Waals surface area contributed by atoms with Crippen molar-refractivity contribution in [2.24, 2.45) is 10.4 Å². The third-order valence-electron chi connectivity index (χ3n) is 5.17. The van der Waals surface area contributed by atoms with Crippen molar-refractivity contribution in [1.82, 2.24) is 10.2 Å². The van der Waals surface area contributed by atoms with Crippen molar-refractivity contribution < 1.29 is 4.74 Å². The first kappa shape index (κ1) is 16.6. The fourth-order valence-corrected chi connectivity index (χ4v) is 3.91. The van der Waals surface area contributed by atoms with Crippen LogP contribution < -0.4 is 5.32 Å². The third kappa shape index (κ3) is 4.87. The molecule has 0 unspecified atom stereocenters. The second kappa shape index (κ2) is 8.62. The second-order valence-corrected chi connectivity index (χ2v) is 6.76. The van der Waals surface area contributed by atoms with Crippen LogP contribution in [0.5, 0.6) is 0 Å². The molecule has 1 saturated heterocycles. The highest BCUT2D eigenvalue weighted by Gasteiger charge is 2.39. The Morgan fingerprint density at radius 3 is 2.67 bits per heavy atom. The SMILES string of the molecule is CN=C(NCCCCCOC)N1CCC2(CCCCC2)C1. The molecule has 1 saturated carbocycles. The molecule has 2 aliphatic rings. The zero-order chi connectivity index (χ0) is 15.0. The fraction of sp³-hybridized carbons (Fsp3) is 0.941. The van der Waals surface area contributed by atoms with Crippen LogP contribution in [0.3, 0.4) is 0 Å². The number of unbranched alkanes of at least 4 members (excludes halogenated alkanes) is 2. The lowest BCUT2D eigenvalue weighted by Crippen LogP contribution is -2.42. The quantitative estimate of drug-likeness (QED) is 0.465. The first-order chi connectivity index (χ1) is 10.3. The Morgan fingerprint density at radius 2 is 1.95 bits per heavy atom. The average molecular weight is 295 g/mol. The number of hydrogen-bond donors (Lipinski definition) is 1. The Labute approximate surface area is 130 Å². The zero-order valence-electron chi connectivity index (χ0n) is 14.0. The molecular formula is C17H33N3O. The van der Waals surface area contributed by atoms with Crippen LogP contribution in [0.2, 0.25) is 0 Å². The van der Waals surface area contributed by atoms with E-state index in [4.69, 9.17) is 4.74 Å². The van der Waals surface area contributed by atoms with Crippen LogP contribution in [0, 0.1) is 5.41 Å². The molecule has 4 nitrogen and oxygen atoms in total. The first-order valence-electron chi connectivity index (χ1n) is 8.74. The molecule has 1 aliphatic heterocycles. The van der Waals surface area contributed by atoms with Gasteiger partial charge in [-0.3, -0.25) is 4.99 Å². The minimum absolute atomic E-state index is 0.605. The van der Waals surface area contributed by atoms with E-state index in [0.29, 0.717) is 5.41 Å². The summed E-state index contributed by atoms with van der Waals surface area (Å²) in [6, 6.07) is 0. The van der Waals surface area contributed by atoms with Gasteiger partial charge in [-0.15, -0.1) is 0 Å². The molecule has 1 heterocycles. The molecule has 1 aliphatic carbocycles. The van der Waals surface area contributed by atoms with Gasteiger partial charge in [-0.2, -0.15) is 0 Å². The lowest BCUT2D eigenvalue weighted by Gasteiger charge is -2.33. The molecule has 0 aromatic rings. The zero-order valence-corrected chi connectivity index (χ0v) is 14.0. The highest BCUT2D eigenvalue weighted by molar-refractivity contribution is 5.80. The van der Waals surface area contributed by atoms with Crippen molar-refractivity contribution in [2.45, 2.75) is 57.8 Å². The molecule has 4 heteroatoms. The first-order valence-corrected chi connectivity index (χ1v) is 8.74. The normalized spacial score (nSPS) is 22.0. The Kier molecular flexibility index (Phi) is 6.81. The van der Waals surface area contributed by atoms with Gasteiger partial charge in [-0.1, -0.05) is 19.3 Å². The van der Waals surface area contributed by atoms with Crippen molar-refractivity contribution >= 4 is 5.96 Å². The largest absolute Gasteiger partial charge is 0.385 e. The van der Waals surface area contributed by atoms with Crippen molar-refractivity contribution in [3.63, 3.8) is 0 Å². The number of nitrogens with one attached hydrogen (secondary N) is 1. The van der Waals surface area contributed by atoms with Crippen LogP contribution >= 0.6 is 0 Å². The number of rotatable bonds is 6. The number of likely N-dealkylation sites (tertiary alicyclic amines) is 1. The Balaban J connectivity index is 1.70. The second-order valence-electron chi connectivity index (χ2n) is 6.76. The van der Waals surface area contributed by atoms with Crippen LogP contribution in [0.1, 0.15) is 57.8 Å². The molecular weight excluding hydrogens is 262 g/mol. The van der Waals surface area contributed by atoms with Gasteiger partial charge in [0.15, 0.2) is 5.96 Å². The minimum atomic E-state index is 0.605. The topological polar surface area (TPSA) is 36.9 Å². The van der Waals surface area contributed by atoms with E-state index in [2.05, 4.69) is 15.2 Å². The van der Waals surface area contributed by atoms with Crippen LogP contribution in [0.25, 0.3) is 0 Å². The smallest absolute Gasteiger partial charge is 0.193 e. The van der Waals surface area contributed by atoms with Gasteiger partial charge in [-0.25, -0.2) is 0 Å². The fourth-order valence-electron chi connectivity index (χ4n) is 3.91. The molecule has 122 valence electrons. The van der Waals surface area contributed by atoms with Crippen molar-refractivity contribution in [1.29, 1.82) is 0 Å². The third-order valence-corrected chi connectivity index (χ3v) is 5.17. The van der Waals surface area contributed by atoms with E-state index >= 15 is 0 Å². The standard InChI is InChI=1S/C17H33N3O/c1-18-16(19-12-7-4-8-14-21-2)20-13-11-17(15-20)9-5-3-6-10-17/h3-15H2,1-2H3,(H,18,19). The number of hydrogen-bond acceptors (Lipinski definition) is 2. The predicted molar refractivity (Wildman–Crippen MR) is 88.8 cm³/mol. The monoisotopic (exact) mass is 295 g/mol. The molecule has 0 radical (unpaired) electrons. The highest BCUT2D eigenvalue weighted by Crippen LogP contribution is 2.43. The molecule has 2 fully saturated rings. The lowest BCUT2D eigenvalue weighted by molar-refractivity contribution is 0.192. The van der Waals surface area contributed by atoms with Crippen molar-refractivity contribution in [2.75, 3.05) is 40.4 Å². The molecule has 0 bridgehead atoms. The molecule has 2 rings (SSSR count). The predicted octanol–water partition coefficient (Wildman–Crippen LogP) is 3.03. The number of guanidine groups is 1. The molecule has 0 aromatic carbocycles. The van der Waals surface area contributed by atoms with Crippen molar-refractivity contribution in [3.05, 3.63) is 0 Å². The van der Waals surface area contributed by atoms with Gasteiger partial charge in [0.2, 0.25) is 0 Å². The lowest BCUT2D eigenvalue weighted by atomic mass is 9.73. The summed E-state index contributed by atoms with van der Waals surface area (Å²) in [5, 5.41) is 3.55. The molecule has 1 spiro atoms. The van der Waals surface area contributed by atoms with Gasteiger partial charge in [0.05, 0.1) is 0 Å². The van der Waals surface area contributed by atoms with Crippen LogP contribution in [-0.4, -0.2) is 51.3 Å². The molecule has 0 amide bonds. The van der Waals surface area contributed by atoms with Gasteiger partial charge in [0, 0.05) is 40.4 Å². The van der Waals surface area contributed by atoms with Gasteiger partial charge >= 0.3 is 0 Å². The van der Waals surface area contributed by atoms with E-state index in [1.54, 1.807) is 7.11 Å². The van der Waals surface area contributed by atoms with Gasteiger partial charge in [0.1, 0.15) is 0 Å². The molecule has 1 N–H and O–H groups in total. The minimum Gasteiger partial charge on any atom is -0.385 e. The molecule has 0 atom stereocenters. The van der Waals surface area contributed by atoms with Crippen LogP contribution in [0.15, 0.2) is 4.99 Å². The average Bonchev–Trinajstić information content (AvgIpc) is 2.91. The Morgan fingerprint density at radius 1 is 1.14 bits per heavy atom. The summed E-state index contributed by atoms with van der Waals surface area (Å²) in [7, 11) is 3.69. The number of aliphatic imine (C=N–C) groups is 1. The summed E-state index contributed by atoms with van der Waals surface area (Å²) in [6.45, 7) is 4.31. The van der Waals surface area contributed by atoms with E-state index in [9.17, 15) is 0 Å². The maximum Gasteiger partial charge on any atom is 0.193 e. The van der Waals surface area contributed by atoms with E-state index in [1.165, 1.54) is 64.5 Å². The number of ether oxygens (including phenoxy) is 1. The van der Waals surface area contributed by atoms with E-state index in [1.807, 2.05) is 7.05 Å². The van der Waals surface area contributed by atoms with Gasteiger partial charge in [-0.05, 0) is 43.9 Å². The summed E-state index contributed by atoms with van der Waals surface area (Å²) >= 11 is 0. The summed E-state index contributed by atoms with van der Waals surface area (Å²) < 4.78 is 5.08. The number of methoxy groups -OCH3 is 1. The van der Waals surface area contributed by atoms with E-state index in [0.717, 1.165) is 25.5 Å². The van der Waals surface area contributed by atoms with Crippen LogP contribution in [0.4, 0.5) is 0 Å². The highest BCUT2D eigenvalue weighted by atomic mass is 16.5. The summed E-state index contributed by atoms with van der Waals surface area (Å²) in [6.07, 6.45) is 12.1. The molecule has 0 aromatic heterocycles. The van der Waals surface area contributed by atoms with Gasteiger partial charge in [0.25, 0.3) is 0 Å². The maximum absolute atomic E-state index is 5.08. The van der Waals surface area contributed by atoms with Crippen molar-refractivity contribution in [3.8, 4) is 0 Å². The summed E-state index contributed by atoms with van der Waals surface area (Å²) in [5.74, 6) is 1.11. The Bertz CT molecular complexity index is 324. The maximum atomic E-state index is 5.08. The van der Waals surface area contributed by atoms with Crippen LogP contribution in [-0.2, 0) is 4.74 Å². The Hall–Kier alpha value is -0.770. The summed E-state index contributed by atoms with van der Waals surface area (Å²) in [4.78, 5) is 6.98.